The number of hydrogen-bond donors (Lipinski definition) is 4. The van der Waals surface area contributed by atoms with Gasteiger partial charge < -0.3 is 21.5 Å². The lowest BCUT2D eigenvalue weighted by molar-refractivity contribution is 0.0937. The summed E-state index contributed by atoms with van der Waals surface area (Å²) in [5.41, 5.74) is 13.0. The number of hydrogen-bond acceptors (Lipinski definition) is 7. The Balaban J connectivity index is 1.36. The number of nitrogens with one attached hydrogen (secondary N) is 2. The Labute approximate surface area is 236 Å². The van der Waals surface area contributed by atoms with Crippen LogP contribution in [-0.4, -0.2) is 50.5 Å². The fraction of sp³-hybridized carbons (Fsp3) is 0.484. The number of rotatable bonds is 10. The van der Waals surface area contributed by atoms with Crippen molar-refractivity contribution in [3.63, 3.8) is 0 Å². The first-order valence-electron chi connectivity index (χ1n) is 14.6. The van der Waals surface area contributed by atoms with Crippen LogP contribution in [0.25, 0.3) is 6.08 Å². The van der Waals surface area contributed by atoms with Gasteiger partial charge in [-0.25, -0.2) is 9.97 Å². The minimum absolute atomic E-state index is 0.0579. The molecule has 3 heterocycles. The van der Waals surface area contributed by atoms with Crippen molar-refractivity contribution in [3.8, 4) is 0 Å². The maximum absolute atomic E-state index is 13.8. The van der Waals surface area contributed by atoms with E-state index in [0.29, 0.717) is 37.4 Å². The summed E-state index contributed by atoms with van der Waals surface area (Å²) >= 11 is 0. The first kappa shape index (κ1) is 27.8. The molecule has 9 nitrogen and oxygen atoms in total. The molecule has 1 saturated carbocycles. The van der Waals surface area contributed by atoms with E-state index in [2.05, 4.69) is 58.7 Å². The van der Waals surface area contributed by atoms with E-state index in [1.54, 1.807) is 0 Å². The molecule has 5 N–H and O–H groups in total. The van der Waals surface area contributed by atoms with Crippen molar-refractivity contribution in [2.45, 2.75) is 77.2 Å². The normalized spacial score (nSPS) is 17.0. The van der Waals surface area contributed by atoms with E-state index in [1.165, 1.54) is 6.42 Å². The highest BCUT2D eigenvalue weighted by Gasteiger charge is 2.30. The molecule has 9 heteroatoms. The van der Waals surface area contributed by atoms with Crippen molar-refractivity contribution in [2.24, 2.45) is 0 Å². The molecule has 3 aromatic heterocycles. The van der Waals surface area contributed by atoms with Crippen LogP contribution in [0.2, 0.25) is 0 Å². The smallest absolute Gasteiger partial charge is 0.269 e. The third-order valence-corrected chi connectivity index (χ3v) is 8.17. The minimum Gasteiger partial charge on any atom is -0.395 e. The molecule has 2 aliphatic carbocycles. The number of fused-ring (bicyclic) bond motifs is 1. The summed E-state index contributed by atoms with van der Waals surface area (Å²) in [6.07, 6.45) is 13.9. The van der Waals surface area contributed by atoms with E-state index in [9.17, 15) is 4.79 Å². The van der Waals surface area contributed by atoms with Crippen LogP contribution < -0.4 is 16.4 Å². The van der Waals surface area contributed by atoms with Crippen LogP contribution in [-0.2, 0) is 19.3 Å². The Morgan fingerprint density at radius 2 is 2.02 bits per heavy atom. The monoisotopic (exact) mass is 543 g/mol. The molecule has 0 bridgehead atoms. The average Bonchev–Trinajstić information content (AvgIpc) is 3.37. The number of amides is 1. The van der Waals surface area contributed by atoms with Gasteiger partial charge in [0.05, 0.1) is 18.3 Å². The number of nitrogens with two attached hydrogens (primary N) is 1. The maximum atomic E-state index is 13.8. The molecule has 0 aliphatic heterocycles. The summed E-state index contributed by atoms with van der Waals surface area (Å²) in [4.78, 5) is 22.8. The average molecular weight is 544 g/mol. The second-order valence-electron chi connectivity index (χ2n) is 10.9. The molecule has 0 spiro atoms. The third kappa shape index (κ3) is 6.04. The number of carbonyl (C=O) groups is 1. The lowest BCUT2D eigenvalue weighted by Crippen LogP contribution is -2.31. The molecule has 1 fully saturated rings. The summed E-state index contributed by atoms with van der Waals surface area (Å²) in [6.45, 7) is 5.12. The van der Waals surface area contributed by atoms with Gasteiger partial charge in [0.1, 0.15) is 17.3 Å². The summed E-state index contributed by atoms with van der Waals surface area (Å²) in [6, 6.07) is 6.32. The number of allylic oxidation sites excluding steroid dienone is 1. The standard InChI is InChI=1S/C31H41N7O2/c1-3-23-17-20(2)25(30(32)36-23)13-14-34-31(40)29-26-18-21(22-10-12-28(35-19-22)33-15-16-39)9-11-27(26)37-38(29)24-7-5-4-6-8-24/h9-12,17,19,21,24,39H,3-8,13-16,18H2,1-2H3,(H2,32,36)(H,33,35)(H,34,40). The summed E-state index contributed by atoms with van der Waals surface area (Å²) < 4.78 is 2.02. The molecular weight excluding hydrogens is 502 g/mol. The molecule has 40 heavy (non-hydrogen) atoms. The van der Waals surface area contributed by atoms with Crippen molar-refractivity contribution in [3.05, 3.63) is 69.8 Å². The predicted molar refractivity (Wildman–Crippen MR) is 158 cm³/mol. The number of pyridine rings is 2. The molecule has 1 amide bonds. The van der Waals surface area contributed by atoms with Crippen molar-refractivity contribution in [2.75, 3.05) is 30.7 Å². The fourth-order valence-corrected chi connectivity index (χ4v) is 5.97. The van der Waals surface area contributed by atoms with Gasteiger partial charge >= 0.3 is 0 Å². The number of anilines is 2. The zero-order valence-corrected chi connectivity index (χ0v) is 23.6. The van der Waals surface area contributed by atoms with Gasteiger partial charge in [-0.3, -0.25) is 9.48 Å². The van der Waals surface area contributed by atoms with E-state index in [1.807, 2.05) is 16.9 Å². The molecule has 1 atom stereocenters. The van der Waals surface area contributed by atoms with Crippen molar-refractivity contribution in [1.82, 2.24) is 25.1 Å². The number of nitrogen functional groups attached to an aromatic ring is 1. The highest BCUT2D eigenvalue weighted by Crippen LogP contribution is 2.36. The van der Waals surface area contributed by atoms with Gasteiger partial charge in [0, 0.05) is 36.5 Å². The number of carbonyl (C=O) groups excluding carboxylic acids is 1. The van der Waals surface area contributed by atoms with Crippen LogP contribution in [0.5, 0.6) is 0 Å². The van der Waals surface area contributed by atoms with E-state index >= 15 is 0 Å². The van der Waals surface area contributed by atoms with Gasteiger partial charge in [-0.2, -0.15) is 5.10 Å². The minimum atomic E-state index is -0.0792. The maximum Gasteiger partial charge on any atom is 0.269 e. The van der Waals surface area contributed by atoms with Crippen LogP contribution in [0.15, 0.2) is 30.5 Å². The number of aryl methyl sites for hydroxylation is 2. The Hall–Kier alpha value is -3.72. The summed E-state index contributed by atoms with van der Waals surface area (Å²) in [5.74, 6) is 1.31. The van der Waals surface area contributed by atoms with Crippen LogP contribution in [0.3, 0.4) is 0 Å². The molecule has 0 radical (unpaired) electrons. The number of aliphatic hydroxyl groups is 1. The highest BCUT2D eigenvalue weighted by molar-refractivity contribution is 5.95. The van der Waals surface area contributed by atoms with Gasteiger partial charge in [-0.05, 0) is 73.9 Å². The highest BCUT2D eigenvalue weighted by atomic mass is 16.3. The number of nitrogens with zero attached hydrogens (tertiary/aromatic N) is 4. The quantitative estimate of drug-likeness (QED) is 0.299. The topological polar surface area (TPSA) is 131 Å². The Bertz CT molecular complexity index is 1330. The molecule has 0 aromatic carbocycles. The lowest BCUT2D eigenvalue weighted by atomic mass is 9.87. The van der Waals surface area contributed by atoms with Gasteiger partial charge in [0.2, 0.25) is 0 Å². The van der Waals surface area contributed by atoms with Crippen molar-refractivity contribution >= 4 is 23.6 Å². The SMILES string of the molecule is CCc1cc(C)c(CCNC(=O)c2c3c(nn2C2CCCCC2)C=CC(c2ccc(NCCO)nc2)C3)c(N)n1. The van der Waals surface area contributed by atoms with Crippen molar-refractivity contribution in [1.29, 1.82) is 0 Å². The molecule has 5 rings (SSSR count). The van der Waals surface area contributed by atoms with Gasteiger partial charge in [0.25, 0.3) is 5.91 Å². The Morgan fingerprint density at radius 1 is 1.20 bits per heavy atom. The molecule has 1 unspecified atom stereocenters. The third-order valence-electron chi connectivity index (χ3n) is 8.17. The molecule has 2 aliphatic rings. The van der Waals surface area contributed by atoms with Crippen LogP contribution in [0.4, 0.5) is 11.6 Å². The number of aromatic nitrogens is 4. The zero-order valence-electron chi connectivity index (χ0n) is 23.6. The Kier molecular flexibility index (Phi) is 8.79. The van der Waals surface area contributed by atoms with E-state index in [0.717, 1.165) is 71.6 Å². The molecular formula is C31H41N7O2. The second kappa shape index (κ2) is 12.6. The summed E-state index contributed by atoms with van der Waals surface area (Å²) in [5, 5.41) is 20.3. The van der Waals surface area contributed by atoms with Gasteiger partial charge in [-0.1, -0.05) is 38.3 Å². The van der Waals surface area contributed by atoms with Crippen LogP contribution in [0.1, 0.15) is 95.1 Å². The van der Waals surface area contributed by atoms with Crippen LogP contribution >= 0.6 is 0 Å². The molecule has 3 aromatic rings. The molecule has 212 valence electrons. The number of aliphatic hydroxyl groups excluding tert-OH is 1. The summed E-state index contributed by atoms with van der Waals surface area (Å²) in [7, 11) is 0. The van der Waals surface area contributed by atoms with Crippen molar-refractivity contribution < 1.29 is 9.90 Å². The first-order chi connectivity index (χ1) is 19.5. The van der Waals surface area contributed by atoms with Gasteiger partial charge in [0.15, 0.2) is 0 Å². The molecule has 0 saturated heterocycles. The van der Waals surface area contributed by atoms with E-state index < -0.39 is 0 Å². The van der Waals surface area contributed by atoms with E-state index in [-0.39, 0.29) is 24.5 Å². The fourth-order valence-electron chi connectivity index (χ4n) is 5.97. The lowest BCUT2D eigenvalue weighted by Gasteiger charge is -2.24. The van der Waals surface area contributed by atoms with E-state index in [4.69, 9.17) is 15.9 Å². The Morgan fingerprint density at radius 3 is 2.73 bits per heavy atom. The zero-order chi connectivity index (χ0) is 28.1. The largest absolute Gasteiger partial charge is 0.395 e. The predicted octanol–water partition coefficient (Wildman–Crippen LogP) is 4.36. The second-order valence-corrected chi connectivity index (χ2v) is 10.9. The van der Waals surface area contributed by atoms with Gasteiger partial charge in [-0.15, -0.1) is 0 Å². The van der Waals surface area contributed by atoms with Crippen LogP contribution in [0, 0.1) is 6.92 Å². The first-order valence-corrected chi connectivity index (χ1v) is 14.6.